The summed E-state index contributed by atoms with van der Waals surface area (Å²) in [5.41, 5.74) is 2.79. The Bertz CT molecular complexity index is 414. The smallest absolute Gasteiger partial charge is 0.744 e. The van der Waals surface area contributed by atoms with Crippen molar-refractivity contribution in [2.24, 2.45) is 5.10 Å². The monoisotopic (exact) mass is 250 g/mol. The maximum absolute atomic E-state index is 10.3. The molecule has 0 aromatic heterocycles. The Kier molecular flexibility index (Phi) is 7.61. The number of benzene rings is 1. The molecule has 1 aromatic rings. The Labute approximate surface area is 117 Å². The van der Waals surface area contributed by atoms with Crippen LogP contribution in [-0.4, -0.2) is 25.7 Å². The molecule has 0 atom stereocenters. The minimum atomic E-state index is -4.25. The topological polar surface area (TPSA) is 81.6 Å². The van der Waals surface area contributed by atoms with Crippen molar-refractivity contribution in [1.29, 1.82) is 0 Å². The fourth-order valence-electron chi connectivity index (χ4n) is 0.910. The summed E-state index contributed by atoms with van der Waals surface area (Å²) < 4.78 is 30.8. The van der Waals surface area contributed by atoms with Crippen LogP contribution in [0, 0.1) is 0 Å². The summed E-state index contributed by atoms with van der Waals surface area (Å²) >= 11 is 0. The standard InChI is InChI=1S/C6H6O3S.C3H6N2.Na/c7-10(8,9)6-4-2-1-3-5-6;1-2-4-5-3-1;/h1-5H,(H,7,8,9);2,5H,1,3H2;/q;;+1/p-1. The minimum absolute atomic E-state index is 0. The normalized spacial score (nSPS) is 13.1. The maximum Gasteiger partial charge on any atom is 1.00 e. The quantitative estimate of drug-likeness (QED) is 0.443. The first-order chi connectivity index (χ1) is 7.11. The number of hydrazone groups is 1. The Morgan fingerprint density at radius 3 is 2.12 bits per heavy atom. The van der Waals surface area contributed by atoms with Crippen LogP contribution in [0.25, 0.3) is 0 Å². The third-order valence-corrected chi connectivity index (χ3v) is 2.45. The molecule has 7 heteroatoms. The zero-order valence-corrected chi connectivity index (χ0v) is 11.8. The van der Waals surface area contributed by atoms with Crippen molar-refractivity contribution in [1.82, 2.24) is 5.43 Å². The van der Waals surface area contributed by atoms with E-state index in [1.165, 1.54) is 24.3 Å². The molecule has 0 aliphatic carbocycles. The maximum atomic E-state index is 10.3. The van der Waals surface area contributed by atoms with Gasteiger partial charge in [0.1, 0.15) is 10.1 Å². The molecule has 2 rings (SSSR count). The number of rotatable bonds is 1. The minimum Gasteiger partial charge on any atom is -0.744 e. The van der Waals surface area contributed by atoms with Crippen molar-refractivity contribution in [2.45, 2.75) is 11.3 Å². The van der Waals surface area contributed by atoms with E-state index in [9.17, 15) is 13.0 Å². The van der Waals surface area contributed by atoms with E-state index in [0.717, 1.165) is 13.0 Å². The van der Waals surface area contributed by atoms with Gasteiger partial charge in [-0.2, -0.15) is 5.10 Å². The molecule has 0 fully saturated rings. The summed E-state index contributed by atoms with van der Waals surface area (Å²) in [5.74, 6) is 0. The van der Waals surface area contributed by atoms with E-state index < -0.39 is 10.1 Å². The summed E-state index contributed by atoms with van der Waals surface area (Å²) in [5, 5.41) is 3.71. The molecule has 0 unspecified atom stereocenters. The van der Waals surface area contributed by atoms with Crippen LogP contribution in [0.5, 0.6) is 0 Å². The summed E-state index contributed by atoms with van der Waals surface area (Å²) in [6.45, 7) is 1.03. The van der Waals surface area contributed by atoms with Gasteiger partial charge in [0.25, 0.3) is 0 Å². The van der Waals surface area contributed by atoms with Crippen LogP contribution >= 0.6 is 0 Å². The van der Waals surface area contributed by atoms with E-state index in [0.29, 0.717) is 0 Å². The van der Waals surface area contributed by atoms with Gasteiger partial charge in [-0.05, 0) is 12.1 Å². The SMILES string of the molecule is C1=NNCC1.O=S(=O)([O-])c1ccccc1.[Na+]. The molecule has 1 aromatic carbocycles. The largest absolute Gasteiger partial charge is 1.00 e. The second-order valence-corrected chi connectivity index (χ2v) is 4.16. The first-order valence-electron chi connectivity index (χ1n) is 4.36. The van der Waals surface area contributed by atoms with E-state index in [-0.39, 0.29) is 34.5 Å². The molecule has 5 nitrogen and oxygen atoms in total. The molecule has 1 heterocycles. The molecule has 16 heavy (non-hydrogen) atoms. The fraction of sp³-hybridized carbons (Fsp3) is 0.222. The number of hydrogen-bond acceptors (Lipinski definition) is 5. The van der Waals surface area contributed by atoms with Gasteiger partial charge in [-0.3, -0.25) is 0 Å². The first-order valence-corrected chi connectivity index (χ1v) is 5.77. The summed E-state index contributed by atoms with van der Waals surface area (Å²) in [6, 6.07) is 7.19. The average molecular weight is 250 g/mol. The fourth-order valence-corrected chi connectivity index (χ4v) is 1.40. The Morgan fingerprint density at radius 2 is 1.88 bits per heavy atom. The molecular weight excluding hydrogens is 239 g/mol. The van der Waals surface area contributed by atoms with Crippen molar-refractivity contribution in [3.63, 3.8) is 0 Å². The van der Waals surface area contributed by atoms with E-state index in [1.807, 2.05) is 6.21 Å². The van der Waals surface area contributed by atoms with Gasteiger partial charge >= 0.3 is 29.6 Å². The molecule has 0 spiro atoms. The summed E-state index contributed by atoms with van der Waals surface area (Å²) in [6.07, 6.45) is 2.97. The van der Waals surface area contributed by atoms with Gasteiger partial charge < -0.3 is 9.98 Å². The van der Waals surface area contributed by atoms with E-state index in [1.54, 1.807) is 6.07 Å². The van der Waals surface area contributed by atoms with Crippen LogP contribution in [0.4, 0.5) is 0 Å². The molecule has 0 amide bonds. The van der Waals surface area contributed by atoms with Gasteiger partial charge in [-0.25, -0.2) is 8.42 Å². The third kappa shape index (κ3) is 6.24. The van der Waals surface area contributed by atoms with E-state index in [2.05, 4.69) is 10.5 Å². The van der Waals surface area contributed by atoms with E-state index >= 15 is 0 Å². The summed E-state index contributed by atoms with van der Waals surface area (Å²) in [4.78, 5) is -0.185. The van der Waals surface area contributed by atoms with Crippen molar-refractivity contribution in [2.75, 3.05) is 6.54 Å². The zero-order chi connectivity index (χ0) is 11.1. The van der Waals surface area contributed by atoms with Crippen LogP contribution < -0.4 is 35.0 Å². The molecule has 0 bridgehead atoms. The molecule has 1 N–H and O–H groups in total. The predicted octanol–water partition coefficient (Wildman–Crippen LogP) is -2.44. The van der Waals surface area contributed by atoms with Crippen LogP contribution in [-0.2, 0) is 10.1 Å². The van der Waals surface area contributed by atoms with Crippen LogP contribution in [0.1, 0.15) is 6.42 Å². The van der Waals surface area contributed by atoms with Gasteiger partial charge in [0.2, 0.25) is 0 Å². The van der Waals surface area contributed by atoms with Crippen LogP contribution in [0.15, 0.2) is 40.3 Å². The molecule has 1 aliphatic heterocycles. The van der Waals surface area contributed by atoms with Crippen LogP contribution in [0.2, 0.25) is 0 Å². The van der Waals surface area contributed by atoms with Gasteiger partial charge in [0.05, 0.1) is 4.90 Å². The second-order valence-electron chi connectivity index (χ2n) is 2.78. The van der Waals surface area contributed by atoms with Crippen molar-refractivity contribution in [3.05, 3.63) is 30.3 Å². The number of nitrogens with one attached hydrogen (secondary N) is 1. The van der Waals surface area contributed by atoms with Gasteiger partial charge in [0, 0.05) is 19.2 Å². The number of hydrogen-bond donors (Lipinski definition) is 1. The van der Waals surface area contributed by atoms with Crippen molar-refractivity contribution >= 4 is 16.3 Å². The predicted molar refractivity (Wildman–Crippen MR) is 55.5 cm³/mol. The first kappa shape index (κ1) is 15.6. The molecule has 0 radical (unpaired) electrons. The number of nitrogens with zero attached hydrogens (tertiary/aromatic N) is 1. The van der Waals surface area contributed by atoms with Gasteiger partial charge in [-0.15, -0.1) is 0 Å². The molecular formula is C9H11N2NaO3S. The van der Waals surface area contributed by atoms with Crippen LogP contribution in [0.3, 0.4) is 0 Å². The second kappa shape index (κ2) is 7.81. The summed E-state index contributed by atoms with van der Waals surface area (Å²) in [7, 11) is -4.25. The van der Waals surface area contributed by atoms with Gasteiger partial charge in [-0.1, -0.05) is 18.2 Å². The Hall–Kier alpha value is -0.400. The molecule has 82 valence electrons. The van der Waals surface area contributed by atoms with Gasteiger partial charge in [0.15, 0.2) is 0 Å². The van der Waals surface area contributed by atoms with Crippen molar-refractivity contribution in [3.8, 4) is 0 Å². The zero-order valence-electron chi connectivity index (χ0n) is 8.96. The Balaban J connectivity index is 0.000000318. The van der Waals surface area contributed by atoms with E-state index in [4.69, 9.17) is 0 Å². The molecule has 0 saturated heterocycles. The molecule has 1 aliphatic rings. The van der Waals surface area contributed by atoms with Crippen molar-refractivity contribution < 1.29 is 42.5 Å². The third-order valence-electron chi connectivity index (χ3n) is 1.60. The molecule has 0 saturated carbocycles. The Morgan fingerprint density at radius 1 is 1.25 bits per heavy atom. The average Bonchev–Trinajstić information content (AvgIpc) is 2.76.